The van der Waals surface area contributed by atoms with Gasteiger partial charge in [0.25, 0.3) is 0 Å². The molecular formula is C15H23NO2. The Morgan fingerprint density at radius 2 is 1.83 bits per heavy atom. The molecule has 2 rings (SSSR count). The average molecular weight is 249 g/mol. The molecule has 0 bridgehead atoms. The van der Waals surface area contributed by atoms with E-state index < -0.39 is 0 Å². The summed E-state index contributed by atoms with van der Waals surface area (Å²) in [6.45, 7) is 6.59. The average Bonchev–Trinajstić information content (AvgIpc) is 2.25. The second kappa shape index (κ2) is 5.19. The fraction of sp³-hybridized carbons (Fsp3) is 0.600. The standard InChI is InChI=1S/C15H23NO2/c1-15(2,3)16-11-8-14(9-11)18-13-7-5-6-12(10-13)17-4/h5-7,10-11,14,16H,8-9H2,1-4H3. The van der Waals surface area contributed by atoms with Crippen LogP contribution in [0.15, 0.2) is 24.3 Å². The Kier molecular flexibility index (Phi) is 3.81. The number of nitrogens with one attached hydrogen (secondary N) is 1. The highest BCUT2D eigenvalue weighted by atomic mass is 16.5. The first-order valence-corrected chi connectivity index (χ1v) is 6.55. The minimum Gasteiger partial charge on any atom is -0.497 e. The molecule has 0 heterocycles. The molecule has 18 heavy (non-hydrogen) atoms. The molecule has 0 radical (unpaired) electrons. The summed E-state index contributed by atoms with van der Waals surface area (Å²) >= 11 is 0. The van der Waals surface area contributed by atoms with Gasteiger partial charge in [-0.05, 0) is 45.7 Å². The number of benzene rings is 1. The van der Waals surface area contributed by atoms with E-state index >= 15 is 0 Å². The van der Waals surface area contributed by atoms with E-state index in [1.165, 1.54) is 0 Å². The predicted molar refractivity (Wildman–Crippen MR) is 73.3 cm³/mol. The van der Waals surface area contributed by atoms with Crippen molar-refractivity contribution in [1.82, 2.24) is 5.32 Å². The van der Waals surface area contributed by atoms with E-state index in [2.05, 4.69) is 26.1 Å². The zero-order chi connectivity index (χ0) is 13.2. The van der Waals surface area contributed by atoms with Crippen LogP contribution in [0.25, 0.3) is 0 Å². The van der Waals surface area contributed by atoms with Crippen molar-refractivity contribution in [3.8, 4) is 11.5 Å². The van der Waals surface area contributed by atoms with Gasteiger partial charge < -0.3 is 14.8 Å². The van der Waals surface area contributed by atoms with Crippen molar-refractivity contribution in [1.29, 1.82) is 0 Å². The summed E-state index contributed by atoms with van der Waals surface area (Å²) in [6, 6.07) is 8.38. The van der Waals surface area contributed by atoms with Crippen molar-refractivity contribution in [3.63, 3.8) is 0 Å². The largest absolute Gasteiger partial charge is 0.497 e. The molecule has 1 saturated carbocycles. The number of ether oxygens (including phenoxy) is 2. The van der Waals surface area contributed by atoms with Crippen LogP contribution in [0.3, 0.4) is 0 Å². The van der Waals surface area contributed by atoms with Crippen LogP contribution < -0.4 is 14.8 Å². The number of hydrogen-bond acceptors (Lipinski definition) is 3. The van der Waals surface area contributed by atoms with Gasteiger partial charge in [-0.3, -0.25) is 0 Å². The maximum atomic E-state index is 5.92. The van der Waals surface area contributed by atoms with Crippen molar-refractivity contribution >= 4 is 0 Å². The molecule has 3 nitrogen and oxygen atoms in total. The van der Waals surface area contributed by atoms with Crippen LogP contribution >= 0.6 is 0 Å². The van der Waals surface area contributed by atoms with Gasteiger partial charge in [0.1, 0.15) is 17.6 Å². The van der Waals surface area contributed by atoms with Gasteiger partial charge in [0.2, 0.25) is 0 Å². The molecule has 3 heteroatoms. The molecule has 0 atom stereocenters. The topological polar surface area (TPSA) is 30.5 Å². The lowest BCUT2D eigenvalue weighted by molar-refractivity contribution is 0.0732. The molecule has 1 aromatic carbocycles. The van der Waals surface area contributed by atoms with Crippen molar-refractivity contribution in [2.75, 3.05) is 7.11 Å². The predicted octanol–water partition coefficient (Wildman–Crippen LogP) is 2.99. The van der Waals surface area contributed by atoms with Gasteiger partial charge in [0, 0.05) is 17.6 Å². The highest BCUT2D eigenvalue weighted by Crippen LogP contribution is 2.28. The number of methoxy groups -OCH3 is 1. The van der Waals surface area contributed by atoms with Crippen LogP contribution in [0.2, 0.25) is 0 Å². The first-order chi connectivity index (χ1) is 8.46. The first kappa shape index (κ1) is 13.2. The lowest BCUT2D eigenvalue weighted by Gasteiger charge is -2.40. The van der Waals surface area contributed by atoms with E-state index in [0.29, 0.717) is 12.1 Å². The molecule has 1 aromatic rings. The third-order valence-corrected chi connectivity index (χ3v) is 3.08. The molecule has 1 aliphatic carbocycles. The Morgan fingerprint density at radius 3 is 2.44 bits per heavy atom. The Balaban J connectivity index is 1.79. The van der Waals surface area contributed by atoms with E-state index in [1.54, 1.807) is 7.11 Å². The molecule has 0 aliphatic heterocycles. The van der Waals surface area contributed by atoms with E-state index in [1.807, 2.05) is 24.3 Å². The van der Waals surface area contributed by atoms with Crippen LogP contribution in [0.5, 0.6) is 11.5 Å². The molecule has 0 spiro atoms. The number of hydrogen-bond donors (Lipinski definition) is 1. The summed E-state index contributed by atoms with van der Waals surface area (Å²) in [7, 11) is 1.67. The van der Waals surface area contributed by atoms with Gasteiger partial charge in [-0.25, -0.2) is 0 Å². The van der Waals surface area contributed by atoms with Crippen LogP contribution in [-0.2, 0) is 0 Å². The molecule has 0 saturated heterocycles. The molecule has 1 fully saturated rings. The maximum Gasteiger partial charge on any atom is 0.123 e. The minimum absolute atomic E-state index is 0.186. The SMILES string of the molecule is COc1cccc(OC2CC(NC(C)(C)C)C2)c1. The molecule has 0 amide bonds. The summed E-state index contributed by atoms with van der Waals surface area (Å²) in [4.78, 5) is 0. The van der Waals surface area contributed by atoms with E-state index in [0.717, 1.165) is 24.3 Å². The zero-order valence-electron chi connectivity index (χ0n) is 11.7. The van der Waals surface area contributed by atoms with E-state index in [9.17, 15) is 0 Å². The van der Waals surface area contributed by atoms with Crippen LogP contribution in [0.4, 0.5) is 0 Å². The Labute approximate surface area is 109 Å². The highest BCUT2D eigenvalue weighted by molar-refractivity contribution is 5.33. The second-order valence-electron chi connectivity index (χ2n) is 5.98. The van der Waals surface area contributed by atoms with E-state index in [4.69, 9.17) is 9.47 Å². The third-order valence-electron chi connectivity index (χ3n) is 3.08. The van der Waals surface area contributed by atoms with Gasteiger partial charge in [-0.1, -0.05) is 6.07 Å². The smallest absolute Gasteiger partial charge is 0.123 e. The zero-order valence-corrected chi connectivity index (χ0v) is 11.7. The molecule has 0 unspecified atom stereocenters. The van der Waals surface area contributed by atoms with Crippen molar-refractivity contribution in [2.45, 2.75) is 51.3 Å². The molecule has 100 valence electrons. The Morgan fingerprint density at radius 1 is 1.17 bits per heavy atom. The van der Waals surface area contributed by atoms with E-state index in [-0.39, 0.29) is 5.54 Å². The third kappa shape index (κ3) is 3.64. The van der Waals surface area contributed by atoms with Gasteiger partial charge in [-0.15, -0.1) is 0 Å². The maximum absolute atomic E-state index is 5.92. The monoisotopic (exact) mass is 249 g/mol. The van der Waals surface area contributed by atoms with Gasteiger partial charge in [-0.2, -0.15) is 0 Å². The van der Waals surface area contributed by atoms with Crippen molar-refractivity contribution in [3.05, 3.63) is 24.3 Å². The summed E-state index contributed by atoms with van der Waals surface area (Å²) in [5, 5.41) is 3.59. The summed E-state index contributed by atoms with van der Waals surface area (Å²) in [6.07, 6.45) is 2.49. The highest BCUT2D eigenvalue weighted by Gasteiger charge is 2.33. The van der Waals surface area contributed by atoms with Crippen molar-refractivity contribution in [2.24, 2.45) is 0 Å². The summed E-state index contributed by atoms with van der Waals surface area (Å²) in [5.74, 6) is 1.74. The Hall–Kier alpha value is -1.22. The molecule has 0 aromatic heterocycles. The first-order valence-electron chi connectivity index (χ1n) is 6.55. The van der Waals surface area contributed by atoms with Gasteiger partial charge in [0.15, 0.2) is 0 Å². The van der Waals surface area contributed by atoms with Crippen LogP contribution in [0.1, 0.15) is 33.6 Å². The van der Waals surface area contributed by atoms with Crippen LogP contribution in [-0.4, -0.2) is 24.8 Å². The summed E-state index contributed by atoms with van der Waals surface area (Å²) < 4.78 is 11.1. The second-order valence-corrected chi connectivity index (χ2v) is 5.98. The quantitative estimate of drug-likeness (QED) is 0.890. The molecule has 1 aliphatic rings. The number of rotatable bonds is 4. The van der Waals surface area contributed by atoms with Gasteiger partial charge in [0.05, 0.1) is 7.11 Å². The fourth-order valence-corrected chi connectivity index (χ4v) is 2.26. The minimum atomic E-state index is 0.186. The van der Waals surface area contributed by atoms with Crippen molar-refractivity contribution < 1.29 is 9.47 Å². The molecule has 1 N–H and O–H groups in total. The fourth-order valence-electron chi connectivity index (χ4n) is 2.26. The lowest BCUT2D eigenvalue weighted by Crippen LogP contribution is -2.53. The van der Waals surface area contributed by atoms with Crippen LogP contribution in [0, 0.1) is 0 Å². The summed E-state index contributed by atoms with van der Waals surface area (Å²) in [5.41, 5.74) is 0.186. The van der Waals surface area contributed by atoms with Gasteiger partial charge >= 0.3 is 0 Å². The lowest BCUT2D eigenvalue weighted by atomic mass is 9.87. The Bertz CT molecular complexity index is 392. The normalized spacial score (nSPS) is 23.3. The molecular weight excluding hydrogens is 226 g/mol.